The first-order valence-electron chi connectivity index (χ1n) is 6.37. The molecule has 0 aliphatic carbocycles. The van der Waals surface area contributed by atoms with E-state index in [-0.39, 0.29) is 11.7 Å². The fraction of sp³-hybridized carbons (Fsp3) is 0.429. The van der Waals surface area contributed by atoms with E-state index in [1.54, 1.807) is 0 Å². The average molecular weight is 263 g/mol. The molecule has 1 aromatic rings. The first-order valence-corrected chi connectivity index (χ1v) is 6.37. The third-order valence-electron chi connectivity index (χ3n) is 3.04. The Kier molecular flexibility index (Phi) is 5.36. The SMILES string of the molecule is CCC(C(=O)Nc1ccc(C(C)C)cc1)C(N)=NO. The molecule has 0 radical (unpaired) electrons. The summed E-state index contributed by atoms with van der Waals surface area (Å²) in [5, 5.41) is 14.3. The summed E-state index contributed by atoms with van der Waals surface area (Å²) in [7, 11) is 0. The Morgan fingerprint density at radius 1 is 1.37 bits per heavy atom. The van der Waals surface area contributed by atoms with Crippen LogP contribution in [0, 0.1) is 5.92 Å². The lowest BCUT2D eigenvalue weighted by Crippen LogP contribution is -2.34. The highest BCUT2D eigenvalue weighted by Crippen LogP contribution is 2.18. The van der Waals surface area contributed by atoms with Crippen molar-refractivity contribution < 1.29 is 10.0 Å². The van der Waals surface area contributed by atoms with Crippen molar-refractivity contribution in [3.05, 3.63) is 29.8 Å². The van der Waals surface area contributed by atoms with Gasteiger partial charge in [0.2, 0.25) is 5.91 Å². The van der Waals surface area contributed by atoms with Gasteiger partial charge in [0.15, 0.2) is 5.84 Å². The second kappa shape index (κ2) is 6.78. The van der Waals surface area contributed by atoms with Gasteiger partial charge < -0.3 is 16.3 Å². The van der Waals surface area contributed by atoms with Gasteiger partial charge in [-0.15, -0.1) is 0 Å². The molecule has 19 heavy (non-hydrogen) atoms. The molecule has 0 spiro atoms. The molecule has 1 amide bonds. The Labute approximate surface area is 113 Å². The van der Waals surface area contributed by atoms with E-state index in [0.29, 0.717) is 18.0 Å². The Morgan fingerprint density at radius 3 is 2.37 bits per heavy atom. The monoisotopic (exact) mass is 263 g/mol. The van der Waals surface area contributed by atoms with Crippen LogP contribution in [0.25, 0.3) is 0 Å². The minimum absolute atomic E-state index is 0.0706. The van der Waals surface area contributed by atoms with E-state index < -0.39 is 5.92 Å². The lowest BCUT2D eigenvalue weighted by molar-refractivity contribution is -0.118. The molecule has 0 bridgehead atoms. The molecule has 0 saturated heterocycles. The van der Waals surface area contributed by atoms with E-state index in [4.69, 9.17) is 10.9 Å². The molecule has 0 saturated carbocycles. The third-order valence-corrected chi connectivity index (χ3v) is 3.04. The summed E-state index contributed by atoms with van der Waals surface area (Å²) >= 11 is 0. The van der Waals surface area contributed by atoms with Gasteiger partial charge in [0.1, 0.15) is 0 Å². The highest BCUT2D eigenvalue weighted by Gasteiger charge is 2.21. The summed E-state index contributed by atoms with van der Waals surface area (Å²) in [5.41, 5.74) is 7.40. The number of nitrogens with two attached hydrogens (primary N) is 1. The van der Waals surface area contributed by atoms with Crippen LogP contribution in [0.5, 0.6) is 0 Å². The molecule has 0 aliphatic rings. The number of rotatable bonds is 5. The van der Waals surface area contributed by atoms with Crippen molar-refractivity contribution in [1.82, 2.24) is 0 Å². The predicted molar refractivity (Wildman–Crippen MR) is 76.4 cm³/mol. The van der Waals surface area contributed by atoms with Gasteiger partial charge in [-0.3, -0.25) is 4.79 Å². The predicted octanol–water partition coefficient (Wildman–Crippen LogP) is 2.52. The van der Waals surface area contributed by atoms with Crippen molar-refractivity contribution in [2.75, 3.05) is 5.32 Å². The van der Waals surface area contributed by atoms with E-state index in [1.165, 1.54) is 5.56 Å². The number of hydrogen-bond donors (Lipinski definition) is 3. The molecule has 0 heterocycles. The molecule has 0 aromatic heterocycles. The number of oxime groups is 1. The van der Waals surface area contributed by atoms with Gasteiger partial charge in [0, 0.05) is 5.69 Å². The number of nitrogens with zero attached hydrogens (tertiary/aromatic N) is 1. The zero-order chi connectivity index (χ0) is 14.4. The van der Waals surface area contributed by atoms with Gasteiger partial charge in [0.05, 0.1) is 5.92 Å². The maximum atomic E-state index is 12.0. The van der Waals surface area contributed by atoms with Crippen LogP contribution >= 0.6 is 0 Å². The number of amides is 1. The molecule has 1 unspecified atom stereocenters. The fourth-order valence-corrected chi connectivity index (χ4v) is 1.78. The quantitative estimate of drug-likeness (QED) is 0.330. The van der Waals surface area contributed by atoms with Crippen LogP contribution in [0.4, 0.5) is 5.69 Å². The number of carbonyl (C=O) groups excluding carboxylic acids is 1. The number of hydrogen-bond acceptors (Lipinski definition) is 3. The number of carbonyl (C=O) groups is 1. The van der Waals surface area contributed by atoms with Crippen LogP contribution < -0.4 is 11.1 Å². The molecule has 1 rings (SSSR count). The summed E-state index contributed by atoms with van der Waals surface area (Å²) in [4.78, 5) is 12.0. The maximum Gasteiger partial charge on any atom is 0.235 e. The van der Waals surface area contributed by atoms with Gasteiger partial charge in [-0.2, -0.15) is 0 Å². The Hall–Kier alpha value is -2.04. The van der Waals surface area contributed by atoms with Crippen molar-refractivity contribution >= 4 is 17.4 Å². The Balaban J connectivity index is 2.76. The van der Waals surface area contributed by atoms with Crippen LogP contribution in [0.3, 0.4) is 0 Å². The molecule has 0 fully saturated rings. The number of amidine groups is 1. The number of anilines is 1. The first-order chi connectivity index (χ1) is 8.99. The molecule has 4 N–H and O–H groups in total. The van der Waals surface area contributed by atoms with Crippen LogP contribution in [0.15, 0.2) is 29.4 Å². The molecule has 1 atom stereocenters. The fourth-order valence-electron chi connectivity index (χ4n) is 1.78. The molecule has 0 aliphatic heterocycles. The Morgan fingerprint density at radius 2 is 1.95 bits per heavy atom. The van der Waals surface area contributed by atoms with E-state index in [9.17, 15) is 4.79 Å². The van der Waals surface area contributed by atoms with E-state index in [1.807, 2.05) is 31.2 Å². The minimum Gasteiger partial charge on any atom is -0.409 e. The lowest BCUT2D eigenvalue weighted by atomic mass is 10.0. The second-order valence-corrected chi connectivity index (χ2v) is 4.75. The van der Waals surface area contributed by atoms with E-state index >= 15 is 0 Å². The van der Waals surface area contributed by atoms with Crippen molar-refractivity contribution in [2.24, 2.45) is 16.8 Å². The van der Waals surface area contributed by atoms with Crippen LogP contribution in [0.1, 0.15) is 38.7 Å². The zero-order valence-corrected chi connectivity index (χ0v) is 11.6. The molecular formula is C14H21N3O2. The molecular weight excluding hydrogens is 242 g/mol. The molecule has 104 valence electrons. The van der Waals surface area contributed by atoms with E-state index in [2.05, 4.69) is 24.3 Å². The maximum absolute atomic E-state index is 12.0. The van der Waals surface area contributed by atoms with Crippen LogP contribution in [0.2, 0.25) is 0 Å². The van der Waals surface area contributed by atoms with Crippen molar-refractivity contribution in [1.29, 1.82) is 0 Å². The molecule has 5 nitrogen and oxygen atoms in total. The lowest BCUT2D eigenvalue weighted by Gasteiger charge is -2.14. The van der Waals surface area contributed by atoms with Gasteiger partial charge in [-0.25, -0.2) is 0 Å². The average Bonchev–Trinajstić information content (AvgIpc) is 2.39. The normalized spacial score (nSPS) is 13.4. The van der Waals surface area contributed by atoms with Crippen LogP contribution in [-0.4, -0.2) is 17.0 Å². The zero-order valence-electron chi connectivity index (χ0n) is 11.6. The topological polar surface area (TPSA) is 87.7 Å². The summed E-state index contributed by atoms with van der Waals surface area (Å²) in [6.45, 7) is 6.03. The van der Waals surface area contributed by atoms with Crippen molar-refractivity contribution in [3.63, 3.8) is 0 Å². The van der Waals surface area contributed by atoms with Crippen molar-refractivity contribution in [3.8, 4) is 0 Å². The Bertz CT molecular complexity index is 452. The van der Waals surface area contributed by atoms with Gasteiger partial charge in [0.25, 0.3) is 0 Å². The minimum atomic E-state index is -0.616. The highest BCUT2D eigenvalue weighted by molar-refractivity contribution is 6.07. The van der Waals surface area contributed by atoms with E-state index in [0.717, 1.165) is 0 Å². The second-order valence-electron chi connectivity index (χ2n) is 4.75. The summed E-state index contributed by atoms with van der Waals surface area (Å²) < 4.78 is 0. The summed E-state index contributed by atoms with van der Waals surface area (Å²) in [6.07, 6.45) is 0.478. The summed E-state index contributed by atoms with van der Waals surface area (Å²) in [6, 6.07) is 7.66. The number of benzene rings is 1. The standard InChI is InChI=1S/C14H21N3O2/c1-4-12(13(15)17-19)14(18)16-11-7-5-10(6-8-11)9(2)3/h5-9,12,19H,4H2,1-3H3,(H2,15,17)(H,16,18). The number of nitrogens with one attached hydrogen (secondary N) is 1. The smallest absolute Gasteiger partial charge is 0.235 e. The largest absolute Gasteiger partial charge is 0.409 e. The van der Waals surface area contributed by atoms with Gasteiger partial charge in [-0.1, -0.05) is 38.1 Å². The van der Waals surface area contributed by atoms with Crippen molar-refractivity contribution in [2.45, 2.75) is 33.1 Å². The van der Waals surface area contributed by atoms with Gasteiger partial charge >= 0.3 is 0 Å². The molecule has 5 heteroatoms. The van der Waals surface area contributed by atoms with Crippen LogP contribution in [-0.2, 0) is 4.79 Å². The van der Waals surface area contributed by atoms with Gasteiger partial charge in [-0.05, 0) is 30.0 Å². The third kappa shape index (κ3) is 3.98. The first kappa shape index (κ1) is 15.0. The molecule has 1 aromatic carbocycles. The summed E-state index contributed by atoms with van der Waals surface area (Å²) in [5.74, 6) is -0.506. The highest BCUT2D eigenvalue weighted by atomic mass is 16.4.